The van der Waals surface area contributed by atoms with Crippen molar-refractivity contribution >= 4 is 34.3 Å². The summed E-state index contributed by atoms with van der Waals surface area (Å²) in [6, 6.07) is 14.1. The number of unbranched alkanes of at least 4 members (excludes halogenated alkanes) is 5. The van der Waals surface area contributed by atoms with Gasteiger partial charge in [-0.3, -0.25) is 9.59 Å². The van der Waals surface area contributed by atoms with Crippen LogP contribution < -0.4 is 0 Å². The first kappa shape index (κ1) is 23.2. The Kier molecular flexibility index (Phi) is 11.2. The molecular formula is C24H31ClO4. The first-order valence-electron chi connectivity index (χ1n) is 10.5. The maximum absolute atomic E-state index is 11.9. The highest BCUT2D eigenvalue weighted by Gasteiger charge is 2.08. The van der Waals surface area contributed by atoms with Crippen molar-refractivity contribution in [2.75, 3.05) is 12.5 Å². The van der Waals surface area contributed by atoms with Gasteiger partial charge in [0.05, 0.1) is 6.61 Å². The van der Waals surface area contributed by atoms with E-state index in [1.54, 1.807) is 0 Å². The summed E-state index contributed by atoms with van der Waals surface area (Å²) in [7, 11) is 0. The minimum atomic E-state index is -0.289. The Morgan fingerprint density at radius 3 is 2.14 bits per heavy atom. The Bertz CT molecular complexity index is 759. The molecule has 0 amide bonds. The molecule has 0 aliphatic carbocycles. The summed E-state index contributed by atoms with van der Waals surface area (Å²) in [5.41, 5.74) is 0.958. The highest BCUT2D eigenvalue weighted by molar-refractivity contribution is 6.17. The zero-order valence-corrected chi connectivity index (χ0v) is 17.8. The average Bonchev–Trinajstić information content (AvgIpc) is 2.74. The molecule has 2 aromatic rings. The lowest BCUT2D eigenvalue weighted by Gasteiger charge is -2.07. The standard InChI is InChI=1S/C24H31ClO4/c25-16-7-3-1-2-4-8-17-28-23(26)12-9-13-24(27)29-19-20-14-15-21-10-5-6-11-22(21)18-20/h5-6,10-11,14-15,18H,1-4,7-9,12-13,16-17,19H2. The van der Waals surface area contributed by atoms with Gasteiger partial charge in [0.2, 0.25) is 0 Å². The lowest BCUT2D eigenvalue weighted by Crippen LogP contribution is -2.09. The Hall–Kier alpha value is -2.07. The van der Waals surface area contributed by atoms with Crippen LogP contribution in [-0.4, -0.2) is 24.4 Å². The molecule has 0 saturated carbocycles. The van der Waals surface area contributed by atoms with E-state index in [0.29, 0.717) is 13.0 Å². The van der Waals surface area contributed by atoms with Gasteiger partial charge in [-0.15, -0.1) is 11.6 Å². The van der Waals surface area contributed by atoms with E-state index < -0.39 is 0 Å². The third kappa shape index (κ3) is 9.80. The summed E-state index contributed by atoms with van der Waals surface area (Å²) in [6.07, 6.45) is 7.45. The quantitative estimate of drug-likeness (QED) is 0.209. The molecule has 0 unspecified atom stereocenters. The molecule has 0 saturated heterocycles. The fraction of sp³-hybridized carbons (Fsp3) is 0.500. The molecule has 2 aromatic carbocycles. The van der Waals surface area contributed by atoms with Crippen molar-refractivity contribution in [2.24, 2.45) is 0 Å². The van der Waals surface area contributed by atoms with Crippen LogP contribution in [0.2, 0.25) is 0 Å². The van der Waals surface area contributed by atoms with Crippen molar-refractivity contribution < 1.29 is 19.1 Å². The predicted octanol–water partition coefficient (Wildman–Crippen LogP) is 6.18. The van der Waals surface area contributed by atoms with Crippen molar-refractivity contribution in [3.8, 4) is 0 Å². The van der Waals surface area contributed by atoms with Gasteiger partial charge in [0.15, 0.2) is 0 Å². The van der Waals surface area contributed by atoms with Crippen molar-refractivity contribution in [1.82, 2.24) is 0 Å². The van der Waals surface area contributed by atoms with Gasteiger partial charge in [0, 0.05) is 18.7 Å². The molecule has 158 valence electrons. The number of alkyl halides is 1. The Morgan fingerprint density at radius 2 is 1.38 bits per heavy atom. The summed E-state index contributed by atoms with van der Waals surface area (Å²) in [4.78, 5) is 23.6. The average molecular weight is 419 g/mol. The van der Waals surface area contributed by atoms with Crippen LogP contribution in [0, 0.1) is 0 Å². The second kappa shape index (κ2) is 14.0. The van der Waals surface area contributed by atoms with Crippen LogP contribution in [0.15, 0.2) is 42.5 Å². The largest absolute Gasteiger partial charge is 0.466 e. The topological polar surface area (TPSA) is 52.6 Å². The van der Waals surface area contributed by atoms with Crippen LogP contribution in [0.25, 0.3) is 10.8 Å². The van der Waals surface area contributed by atoms with Crippen LogP contribution in [0.4, 0.5) is 0 Å². The van der Waals surface area contributed by atoms with Crippen LogP contribution >= 0.6 is 11.6 Å². The van der Waals surface area contributed by atoms with Crippen molar-refractivity contribution in [1.29, 1.82) is 0 Å². The monoisotopic (exact) mass is 418 g/mol. The highest BCUT2D eigenvalue weighted by atomic mass is 35.5. The van der Waals surface area contributed by atoms with Gasteiger partial charge in [-0.05, 0) is 41.7 Å². The molecule has 0 aromatic heterocycles. The van der Waals surface area contributed by atoms with E-state index in [0.717, 1.165) is 47.9 Å². The molecule has 0 aliphatic heterocycles. The molecule has 2 rings (SSSR count). The number of ether oxygens (including phenoxy) is 2. The maximum atomic E-state index is 11.9. The Labute approximate surface area is 178 Å². The van der Waals surface area contributed by atoms with E-state index in [4.69, 9.17) is 21.1 Å². The third-order valence-corrected chi connectivity index (χ3v) is 5.03. The van der Waals surface area contributed by atoms with Gasteiger partial charge < -0.3 is 9.47 Å². The molecule has 0 spiro atoms. The molecule has 0 aliphatic rings. The number of hydrogen-bond acceptors (Lipinski definition) is 4. The highest BCUT2D eigenvalue weighted by Crippen LogP contribution is 2.16. The number of fused-ring (bicyclic) bond motifs is 1. The second-order valence-electron chi connectivity index (χ2n) is 7.23. The number of halogens is 1. The molecule has 5 heteroatoms. The summed E-state index contributed by atoms with van der Waals surface area (Å²) >= 11 is 5.64. The Morgan fingerprint density at radius 1 is 0.724 bits per heavy atom. The zero-order chi connectivity index (χ0) is 20.7. The molecule has 0 bridgehead atoms. The summed E-state index contributed by atoms with van der Waals surface area (Å²) in [5.74, 6) is 0.201. The first-order chi connectivity index (χ1) is 14.2. The lowest BCUT2D eigenvalue weighted by molar-refractivity contribution is -0.146. The molecule has 29 heavy (non-hydrogen) atoms. The van der Waals surface area contributed by atoms with Gasteiger partial charge in [-0.25, -0.2) is 0 Å². The van der Waals surface area contributed by atoms with Gasteiger partial charge in [-0.1, -0.05) is 62.1 Å². The predicted molar refractivity (Wildman–Crippen MR) is 117 cm³/mol. The number of rotatable bonds is 14. The fourth-order valence-electron chi connectivity index (χ4n) is 3.10. The molecule has 4 nitrogen and oxygen atoms in total. The van der Waals surface area contributed by atoms with Crippen LogP contribution in [0.3, 0.4) is 0 Å². The van der Waals surface area contributed by atoms with Gasteiger partial charge in [0.1, 0.15) is 6.61 Å². The van der Waals surface area contributed by atoms with Gasteiger partial charge in [-0.2, -0.15) is 0 Å². The number of benzene rings is 2. The first-order valence-corrected chi connectivity index (χ1v) is 11.1. The number of carbonyl (C=O) groups is 2. The number of hydrogen-bond donors (Lipinski definition) is 0. The van der Waals surface area contributed by atoms with E-state index in [2.05, 4.69) is 0 Å². The smallest absolute Gasteiger partial charge is 0.306 e. The zero-order valence-electron chi connectivity index (χ0n) is 17.0. The van der Waals surface area contributed by atoms with E-state index in [1.807, 2.05) is 42.5 Å². The van der Waals surface area contributed by atoms with E-state index in [9.17, 15) is 9.59 Å². The normalized spacial score (nSPS) is 10.8. The van der Waals surface area contributed by atoms with E-state index in [1.165, 1.54) is 12.8 Å². The third-order valence-electron chi connectivity index (χ3n) is 4.77. The van der Waals surface area contributed by atoms with Gasteiger partial charge >= 0.3 is 11.9 Å². The molecule has 0 radical (unpaired) electrons. The summed E-state index contributed by atoms with van der Waals surface area (Å²) < 4.78 is 10.5. The number of esters is 2. The fourth-order valence-corrected chi connectivity index (χ4v) is 3.29. The van der Waals surface area contributed by atoms with Crippen LogP contribution in [-0.2, 0) is 25.7 Å². The minimum absolute atomic E-state index is 0.225. The van der Waals surface area contributed by atoms with Crippen molar-refractivity contribution in [3.05, 3.63) is 48.0 Å². The van der Waals surface area contributed by atoms with Crippen LogP contribution in [0.1, 0.15) is 63.4 Å². The molecule has 0 heterocycles. The Balaban J connectivity index is 1.51. The number of carbonyl (C=O) groups excluding carboxylic acids is 2. The second-order valence-corrected chi connectivity index (χ2v) is 7.60. The molecule has 0 atom stereocenters. The van der Waals surface area contributed by atoms with E-state index in [-0.39, 0.29) is 31.4 Å². The molecular weight excluding hydrogens is 388 g/mol. The molecule has 0 N–H and O–H groups in total. The minimum Gasteiger partial charge on any atom is -0.466 e. The summed E-state index contributed by atoms with van der Waals surface area (Å²) in [6.45, 7) is 0.708. The SMILES string of the molecule is O=C(CCCC(=O)OCc1ccc2ccccc2c1)OCCCCCCCCCl. The summed E-state index contributed by atoms with van der Waals surface area (Å²) in [5, 5.41) is 2.28. The van der Waals surface area contributed by atoms with Crippen molar-refractivity contribution in [2.45, 2.75) is 64.4 Å². The van der Waals surface area contributed by atoms with Crippen LogP contribution in [0.5, 0.6) is 0 Å². The van der Waals surface area contributed by atoms with E-state index >= 15 is 0 Å². The molecule has 0 fully saturated rings. The maximum Gasteiger partial charge on any atom is 0.306 e. The van der Waals surface area contributed by atoms with Gasteiger partial charge in [0.25, 0.3) is 0 Å². The van der Waals surface area contributed by atoms with Crippen molar-refractivity contribution in [3.63, 3.8) is 0 Å². The lowest BCUT2D eigenvalue weighted by atomic mass is 10.1.